The third-order valence-electron chi connectivity index (χ3n) is 2.71. The Kier molecular flexibility index (Phi) is 4.12. The summed E-state index contributed by atoms with van der Waals surface area (Å²) in [5.74, 6) is 0.373. The lowest BCUT2D eigenvalue weighted by atomic mass is 9.97. The molecule has 1 fully saturated rings. The van der Waals surface area contributed by atoms with E-state index >= 15 is 0 Å². The van der Waals surface area contributed by atoms with Gasteiger partial charge in [0, 0.05) is 19.7 Å². The van der Waals surface area contributed by atoms with E-state index in [0.717, 1.165) is 25.9 Å². The van der Waals surface area contributed by atoms with Crippen LogP contribution >= 0.6 is 0 Å². The molecule has 1 aliphatic heterocycles. The summed E-state index contributed by atoms with van der Waals surface area (Å²) in [6.45, 7) is 3.34. The molecule has 1 unspecified atom stereocenters. The Morgan fingerprint density at radius 2 is 1.85 bits per heavy atom. The van der Waals surface area contributed by atoms with Crippen LogP contribution in [-0.2, 0) is 0 Å². The average molecular weight is 189 g/mol. The Morgan fingerprint density at radius 1 is 1.31 bits per heavy atom. The molecule has 1 rings (SSSR count). The fraction of sp³-hybridized carbons (Fsp3) is 1.00. The maximum Gasteiger partial charge on any atom is 0.133 e. The molecule has 0 amide bonds. The lowest BCUT2D eigenvalue weighted by Crippen LogP contribution is -2.46. The van der Waals surface area contributed by atoms with Gasteiger partial charge >= 0.3 is 0 Å². The van der Waals surface area contributed by atoms with E-state index in [0.29, 0.717) is 5.92 Å². The number of rotatable bonds is 3. The summed E-state index contributed by atoms with van der Waals surface area (Å²) in [6.07, 6.45) is 0.353. The molecule has 0 aromatic carbocycles. The van der Waals surface area contributed by atoms with Crippen molar-refractivity contribution in [2.45, 2.75) is 32.1 Å². The van der Waals surface area contributed by atoms with Gasteiger partial charge in [-0.3, -0.25) is 4.90 Å². The second kappa shape index (κ2) is 4.91. The number of piperidine rings is 1. The molecule has 4 nitrogen and oxygen atoms in total. The zero-order valence-electron chi connectivity index (χ0n) is 8.06. The molecule has 78 valence electrons. The molecule has 0 aromatic heterocycles. The number of aliphatic hydroxyl groups is 3. The third-order valence-corrected chi connectivity index (χ3v) is 2.71. The maximum absolute atomic E-state index is 9.52. The Hall–Kier alpha value is -0.160. The van der Waals surface area contributed by atoms with Crippen molar-refractivity contribution in [2.75, 3.05) is 19.7 Å². The minimum absolute atomic E-state index is 0.235. The van der Waals surface area contributed by atoms with Crippen molar-refractivity contribution in [1.29, 1.82) is 0 Å². The van der Waals surface area contributed by atoms with Crippen molar-refractivity contribution >= 4 is 0 Å². The van der Waals surface area contributed by atoms with E-state index < -0.39 is 12.3 Å². The summed E-state index contributed by atoms with van der Waals surface area (Å²) in [5, 5.41) is 27.6. The van der Waals surface area contributed by atoms with E-state index in [1.54, 1.807) is 6.92 Å². The van der Waals surface area contributed by atoms with Crippen molar-refractivity contribution in [3.8, 4) is 0 Å². The minimum atomic E-state index is -0.750. The number of hydrogen-bond donors (Lipinski definition) is 3. The maximum atomic E-state index is 9.52. The first kappa shape index (κ1) is 10.9. The Balaban J connectivity index is 2.32. The number of hydrogen-bond acceptors (Lipinski definition) is 4. The van der Waals surface area contributed by atoms with Crippen LogP contribution in [0, 0.1) is 5.92 Å². The topological polar surface area (TPSA) is 63.9 Å². The van der Waals surface area contributed by atoms with Crippen molar-refractivity contribution < 1.29 is 15.3 Å². The normalized spacial score (nSPS) is 25.8. The van der Waals surface area contributed by atoms with Gasteiger partial charge in [-0.15, -0.1) is 0 Å². The molecule has 0 radical (unpaired) electrons. The van der Waals surface area contributed by atoms with Gasteiger partial charge in [-0.05, 0) is 25.7 Å². The van der Waals surface area contributed by atoms with Gasteiger partial charge in [0.25, 0.3) is 0 Å². The summed E-state index contributed by atoms with van der Waals surface area (Å²) in [4.78, 5) is 1.86. The first-order chi connectivity index (χ1) is 6.15. The first-order valence-corrected chi connectivity index (χ1v) is 4.86. The van der Waals surface area contributed by atoms with Crippen LogP contribution in [0.2, 0.25) is 0 Å². The van der Waals surface area contributed by atoms with E-state index in [9.17, 15) is 5.11 Å². The zero-order chi connectivity index (χ0) is 9.84. The Bertz CT molecular complexity index is 144. The van der Waals surface area contributed by atoms with Crippen LogP contribution < -0.4 is 0 Å². The third kappa shape index (κ3) is 2.91. The summed E-state index contributed by atoms with van der Waals surface area (Å²) in [6, 6.07) is 0. The lowest BCUT2D eigenvalue weighted by molar-refractivity contribution is -0.0886. The quantitative estimate of drug-likeness (QED) is 0.554. The SMILES string of the molecule is C[C@H](O)C(O)N1CCC(CO)CC1. The molecule has 1 heterocycles. The van der Waals surface area contributed by atoms with Gasteiger partial charge in [-0.25, -0.2) is 0 Å². The smallest absolute Gasteiger partial charge is 0.133 e. The van der Waals surface area contributed by atoms with Crippen molar-refractivity contribution in [3.63, 3.8) is 0 Å². The summed E-state index contributed by atoms with van der Waals surface area (Å²) in [7, 11) is 0. The summed E-state index contributed by atoms with van der Waals surface area (Å²) >= 11 is 0. The molecule has 1 saturated heterocycles. The fourth-order valence-corrected chi connectivity index (χ4v) is 1.71. The fourth-order valence-electron chi connectivity index (χ4n) is 1.71. The molecular weight excluding hydrogens is 170 g/mol. The summed E-state index contributed by atoms with van der Waals surface area (Å²) in [5.41, 5.74) is 0. The highest BCUT2D eigenvalue weighted by Gasteiger charge is 2.25. The first-order valence-electron chi connectivity index (χ1n) is 4.86. The number of aliphatic hydroxyl groups excluding tert-OH is 3. The van der Waals surface area contributed by atoms with Gasteiger partial charge in [0.1, 0.15) is 6.23 Å². The monoisotopic (exact) mass is 189 g/mol. The Labute approximate surface area is 78.8 Å². The van der Waals surface area contributed by atoms with Gasteiger partial charge in [0.2, 0.25) is 0 Å². The second-order valence-corrected chi connectivity index (χ2v) is 3.82. The van der Waals surface area contributed by atoms with E-state index in [4.69, 9.17) is 10.2 Å². The molecule has 0 aliphatic carbocycles. The highest BCUT2D eigenvalue weighted by Crippen LogP contribution is 2.18. The summed E-state index contributed by atoms with van der Waals surface area (Å²) < 4.78 is 0. The minimum Gasteiger partial charge on any atom is -0.396 e. The predicted octanol–water partition coefficient (Wildman–Crippen LogP) is -0.610. The van der Waals surface area contributed by atoms with E-state index in [1.807, 2.05) is 4.90 Å². The molecule has 0 bridgehead atoms. The molecule has 13 heavy (non-hydrogen) atoms. The second-order valence-electron chi connectivity index (χ2n) is 3.82. The molecule has 2 atom stereocenters. The number of nitrogens with zero attached hydrogens (tertiary/aromatic N) is 1. The average Bonchev–Trinajstić information content (AvgIpc) is 2.17. The molecular formula is C9H19NO3. The van der Waals surface area contributed by atoms with Crippen LogP contribution in [0.15, 0.2) is 0 Å². The largest absolute Gasteiger partial charge is 0.396 e. The highest BCUT2D eigenvalue weighted by atomic mass is 16.3. The van der Waals surface area contributed by atoms with Crippen molar-refractivity contribution in [2.24, 2.45) is 5.92 Å². The lowest BCUT2D eigenvalue weighted by Gasteiger charge is -2.35. The standard InChI is InChI=1S/C9H19NO3/c1-7(12)9(13)10-4-2-8(6-11)3-5-10/h7-9,11-13H,2-6H2,1H3/t7-,9?/m0/s1. The molecule has 4 heteroatoms. The van der Waals surface area contributed by atoms with Gasteiger partial charge in [-0.2, -0.15) is 0 Å². The van der Waals surface area contributed by atoms with Crippen LogP contribution in [0.4, 0.5) is 0 Å². The van der Waals surface area contributed by atoms with Crippen molar-refractivity contribution in [3.05, 3.63) is 0 Å². The highest BCUT2D eigenvalue weighted by molar-refractivity contribution is 4.75. The van der Waals surface area contributed by atoms with E-state index in [1.165, 1.54) is 0 Å². The zero-order valence-corrected chi connectivity index (χ0v) is 8.06. The molecule has 0 spiro atoms. The van der Waals surface area contributed by atoms with Gasteiger partial charge in [0.05, 0.1) is 6.10 Å². The van der Waals surface area contributed by atoms with Gasteiger partial charge in [-0.1, -0.05) is 0 Å². The molecule has 1 aliphatic rings. The number of likely N-dealkylation sites (tertiary alicyclic amines) is 1. The van der Waals surface area contributed by atoms with Crippen LogP contribution in [0.1, 0.15) is 19.8 Å². The van der Waals surface area contributed by atoms with E-state index in [2.05, 4.69) is 0 Å². The van der Waals surface area contributed by atoms with Crippen LogP contribution in [0.5, 0.6) is 0 Å². The Morgan fingerprint density at radius 3 is 2.23 bits per heavy atom. The molecule has 3 N–H and O–H groups in total. The van der Waals surface area contributed by atoms with Crippen LogP contribution in [0.3, 0.4) is 0 Å². The van der Waals surface area contributed by atoms with Gasteiger partial charge in [0.15, 0.2) is 0 Å². The van der Waals surface area contributed by atoms with Crippen LogP contribution in [-0.4, -0.2) is 52.2 Å². The molecule has 0 aromatic rings. The molecule has 0 saturated carbocycles. The van der Waals surface area contributed by atoms with Crippen LogP contribution in [0.25, 0.3) is 0 Å². The van der Waals surface area contributed by atoms with Gasteiger partial charge < -0.3 is 15.3 Å². The van der Waals surface area contributed by atoms with E-state index in [-0.39, 0.29) is 6.61 Å². The predicted molar refractivity (Wildman–Crippen MR) is 49.1 cm³/mol. The van der Waals surface area contributed by atoms with Crippen molar-refractivity contribution in [1.82, 2.24) is 4.90 Å².